The van der Waals surface area contributed by atoms with Crippen LogP contribution in [0.25, 0.3) is 0 Å². The lowest BCUT2D eigenvalue weighted by Gasteiger charge is -2.08. The van der Waals surface area contributed by atoms with E-state index < -0.39 is 0 Å². The second kappa shape index (κ2) is 5.38. The molecule has 0 aliphatic rings. The third kappa shape index (κ3) is 3.00. The average Bonchev–Trinajstić information content (AvgIpc) is 2.32. The van der Waals surface area contributed by atoms with Crippen LogP contribution in [0.3, 0.4) is 0 Å². The molecule has 5 N–H and O–H groups in total. The van der Waals surface area contributed by atoms with Crippen molar-refractivity contribution in [2.24, 2.45) is 5.84 Å². The number of nitrogens with zero attached hydrogens (tertiary/aromatic N) is 2. The van der Waals surface area contributed by atoms with Gasteiger partial charge in [0.05, 0.1) is 4.47 Å². The molecule has 8 heteroatoms. The summed E-state index contributed by atoms with van der Waals surface area (Å²) in [4.78, 5) is 7.78. The van der Waals surface area contributed by atoms with Gasteiger partial charge in [-0.15, -0.1) is 0 Å². The molecule has 1 heterocycles. The van der Waals surface area contributed by atoms with Gasteiger partial charge in [0, 0.05) is 11.1 Å². The van der Waals surface area contributed by atoms with Gasteiger partial charge < -0.3 is 15.9 Å². The third-order valence-corrected chi connectivity index (χ3v) is 2.83. The topological polar surface area (TPSA) is 99.1 Å². The molecule has 6 nitrogen and oxygen atoms in total. The molecule has 94 valence electrons. The summed E-state index contributed by atoms with van der Waals surface area (Å²) < 4.78 is 6.26. The van der Waals surface area contributed by atoms with Crippen LogP contribution in [-0.2, 0) is 0 Å². The van der Waals surface area contributed by atoms with Crippen LogP contribution < -0.4 is 21.7 Å². The first-order valence-electron chi connectivity index (χ1n) is 4.82. The summed E-state index contributed by atoms with van der Waals surface area (Å²) in [5.74, 6) is 6.51. The number of nitrogen functional groups attached to an aromatic ring is 2. The van der Waals surface area contributed by atoms with Crippen LogP contribution in [0.2, 0.25) is 5.02 Å². The monoisotopic (exact) mass is 329 g/mol. The Morgan fingerprint density at radius 2 is 2.06 bits per heavy atom. The maximum absolute atomic E-state index is 5.84. The zero-order chi connectivity index (χ0) is 13.1. The number of aromatic nitrogens is 2. The van der Waals surface area contributed by atoms with Gasteiger partial charge >= 0.3 is 0 Å². The molecule has 1 aromatic carbocycles. The average molecular weight is 331 g/mol. The van der Waals surface area contributed by atoms with Gasteiger partial charge in [0.2, 0.25) is 11.8 Å². The van der Waals surface area contributed by atoms with Crippen LogP contribution in [0, 0.1) is 0 Å². The maximum atomic E-state index is 5.84. The first-order chi connectivity index (χ1) is 8.58. The molecule has 0 amide bonds. The minimum atomic E-state index is 0.0607. The number of anilines is 2. The Kier molecular flexibility index (Phi) is 3.85. The van der Waals surface area contributed by atoms with Gasteiger partial charge in [-0.25, -0.2) is 5.84 Å². The number of rotatable bonds is 3. The number of hydrogen-bond acceptors (Lipinski definition) is 6. The second-order valence-electron chi connectivity index (χ2n) is 3.27. The molecule has 2 aromatic rings. The largest absolute Gasteiger partial charge is 0.438 e. The predicted molar refractivity (Wildman–Crippen MR) is 73.5 cm³/mol. The van der Waals surface area contributed by atoms with Crippen LogP contribution in [0.5, 0.6) is 11.6 Å². The van der Waals surface area contributed by atoms with Gasteiger partial charge in [-0.2, -0.15) is 9.97 Å². The van der Waals surface area contributed by atoms with Crippen LogP contribution >= 0.6 is 27.5 Å². The maximum Gasteiger partial charge on any atom is 0.226 e. The van der Waals surface area contributed by atoms with Crippen molar-refractivity contribution in [3.63, 3.8) is 0 Å². The summed E-state index contributed by atoms with van der Waals surface area (Å²) in [6, 6.07) is 6.65. The second-order valence-corrected chi connectivity index (χ2v) is 4.56. The van der Waals surface area contributed by atoms with E-state index in [2.05, 4.69) is 31.3 Å². The third-order valence-electron chi connectivity index (χ3n) is 1.98. The molecule has 0 unspecified atom stereocenters. The predicted octanol–water partition coefficient (Wildman–Crippen LogP) is 2.55. The molecular formula is C10H9BrClN5O. The van der Waals surface area contributed by atoms with Crippen molar-refractivity contribution in [3.8, 4) is 11.6 Å². The van der Waals surface area contributed by atoms with E-state index in [1.54, 1.807) is 18.2 Å². The van der Waals surface area contributed by atoms with Gasteiger partial charge in [0.1, 0.15) is 11.6 Å². The number of nitrogens with one attached hydrogen (secondary N) is 1. The Bertz CT molecular complexity index is 580. The van der Waals surface area contributed by atoms with Crippen LogP contribution in [0.4, 0.5) is 11.8 Å². The highest BCUT2D eigenvalue weighted by molar-refractivity contribution is 9.10. The quantitative estimate of drug-likeness (QED) is 0.591. The lowest BCUT2D eigenvalue weighted by Crippen LogP contribution is -2.10. The molecule has 0 saturated heterocycles. The number of nitrogens with two attached hydrogens (primary N) is 2. The molecule has 0 atom stereocenters. The van der Waals surface area contributed by atoms with Crippen LogP contribution in [0.15, 0.2) is 28.7 Å². The van der Waals surface area contributed by atoms with E-state index in [1.807, 2.05) is 0 Å². The number of halogens is 2. The van der Waals surface area contributed by atoms with E-state index in [-0.39, 0.29) is 11.8 Å². The van der Waals surface area contributed by atoms with Gasteiger partial charge in [0.25, 0.3) is 0 Å². The highest BCUT2D eigenvalue weighted by Crippen LogP contribution is 2.31. The first-order valence-corrected chi connectivity index (χ1v) is 5.99. The number of hydrazine groups is 1. The minimum absolute atomic E-state index is 0.0607. The fraction of sp³-hybridized carbons (Fsp3) is 0. The van der Waals surface area contributed by atoms with Crippen molar-refractivity contribution in [3.05, 3.63) is 33.8 Å². The highest BCUT2D eigenvalue weighted by atomic mass is 79.9. The molecule has 1 aromatic heterocycles. The standard InChI is InChI=1S/C10H9BrClN5O/c11-6-3-5(12)1-2-7(6)18-9-4-8(17-14)15-10(13)16-9/h1-4H,14H2,(H3,13,15,16,17). The van der Waals surface area contributed by atoms with Crippen molar-refractivity contribution in [1.82, 2.24) is 9.97 Å². The Labute approximate surface area is 116 Å². The Morgan fingerprint density at radius 1 is 1.28 bits per heavy atom. The molecule has 0 aliphatic heterocycles. The molecule has 2 rings (SSSR count). The van der Waals surface area contributed by atoms with E-state index >= 15 is 0 Å². The van der Waals surface area contributed by atoms with E-state index in [0.29, 0.717) is 21.1 Å². The smallest absolute Gasteiger partial charge is 0.226 e. The first kappa shape index (κ1) is 12.9. The zero-order valence-electron chi connectivity index (χ0n) is 9.02. The van der Waals surface area contributed by atoms with Gasteiger partial charge in [0.15, 0.2) is 0 Å². The van der Waals surface area contributed by atoms with E-state index in [4.69, 9.17) is 27.9 Å². The SMILES string of the molecule is NNc1cc(Oc2ccc(Cl)cc2Br)nc(N)n1. The summed E-state index contributed by atoms with van der Waals surface area (Å²) in [6.07, 6.45) is 0. The van der Waals surface area contributed by atoms with Gasteiger partial charge in [-0.05, 0) is 34.1 Å². The Balaban J connectivity index is 2.30. The summed E-state index contributed by atoms with van der Waals surface area (Å²) in [6.45, 7) is 0. The zero-order valence-corrected chi connectivity index (χ0v) is 11.4. The van der Waals surface area contributed by atoms with E-state index in [9.17, 15) is 0 Å². The lowest BCUT2D eigenvalue weighted by atomic mass is 10.3. The van der Waals surface area contributed by atoms with Crippen LogP contribution in [-0.4, -0.2) is 9.97 Å². The Morgan fingerprint density at radius 3 is 2.72 bits per heavy atom. The summed E-state index contributed by atoms with van der Waals surface area (Å²) >= 11 is 9.17. The van der Waals surface area contributed by atoms with Crippen molar-refractivity contribution in [2.45, 2.75) is 0 Å². The molecule has 0 bridgehead atoms. The van der Waals surface area contributed by atoms with E-state index in [0.717, 1.165) is 0 Å². The normalized spacial score (nSPS) is 10.2. The minimum Gasteiger partial charge on any atom is -0.438 e. The van der Waals surface area contributed by atoms with Crippen molar-refractivity contribution >= 4 is 39.3 Å². The van der Waals surface area contributed by atoms with E-state index in [1.165, 1.54) is 6.07 Å². The fourth-order valence-corrected chi connectivity index (χ4v) is 2.00. The van der Waals surface area contributed by atoms with Gasteiger partial charge in [-0.1, -0.05) is 11.6 Å². The van der Waals surface area contributed by atoms with Gasteiger partial charge in [-0.3, -0.25) is 0 Å². The number of hydrogen-bond donors (Lipinski definition) is 3. The van der Waals surface area contributed by atoms with Crippen LogP contribution in [0.1, 0.15) is 0 Å². The molecule has 0 aliphatic carbocycles. The summed E-state index contributed by atoms with van der Waals surface area (Å²) in [7, 11) is 0. The molecule has 0 radical (unpaired) electrons. The van der Waals surface area contributed by atoms with Crippen molar-refractivity contribution in [2.75, 3.05) is 11.2 Å². The highest BCUT2D eigenvalue weighted by Gasteiger charge is 2.07. The molecule has 18 heavy (non-hydrogen) atoms. The Hall–Kier alpha value is -1.57. The molecular weight excluding hydrogens is 322 g/mol. The summed E-state index contributed by atoms with van der Waals surface area (Å²) in [5.41, 5.74) is 7.89. The van der Waals surface area contributed by atoms with Crippen molar-refractivity contribution < 1.29 is 4.74 Å². The number of benzene rings is 1. The summed E-state index contributed by atoms with van der Waals surface area (Å²) in [5, 5.41) is 0.598. The fourth-order valence-electron chi connectivity index (χ4n) is 1.24. The van der Waals surface area contributed by atoms with Crippen molar-refractivity contribution in [1.29, 1.82) is 0 Å². The number of ether oxygens (including phenoxy) is 1. The molecule has 0 fully saturated rings. The lowest BCUT2D eigenvalue weighted by molar-refractivity contribution is 0.460. The molecule has 0 spiro atoms. The molecule has 0 saturated carbocycles.